The summed E-state index contributed by atoms with van der Waals surface area (Å²) in [6.45, 7) is 2.04. The Morgan fingerprint density at radius 1 is 1.10 bits per heavy atom. The molecule has 3 aromatic rings. The van der Waals surface area contributed by atoms with Crippen LogP contribution in [0, 0.1) is 12.7 Å². The fourth-order valence-corrected chi connectivity index (χ4v) is 4.06. The third-order valence-corrected chi connectivity index (χ3v) is 5.89. The van der Waals surface area contributed by atoms with E-state index in [0.717, 1.165) is 16.8 Å². The Morgan fingerprint density at radius 2 is 1.86 bits per heavy atom. The zero-order chi connectivity index (χ0) is 20.5. The molecule has 4 rings (SSSR count). The van der Waals surface area contributed by atoms with Crippen LogP contribution in [0.15, 0.2) is 70.1 Å². The summed E-state index contributed by atoms with van der Waals surface area (Å²) in [6.07, 6.45) is 0.205. The van der Waals surface area contributed by atoms with Crippen molar-refractivity contribution in [1.29, 1.82) is 0 Å². The molecule has 0 unspecified atom stereocenters. The number of nitrogens with one attached hydrogen (secondary N) is 1. The van der Waals surface area contributed by atoms with Crippen molar-refractivity contribution in [2.24, 2.45) is 4.99 Å². The Morgan fingerprint density at radius 3 is 2.59 bits per heavy atom. The number of halogens is 3. The summed E-state index contributed by atoms with van der Waals surface area (Å²) in [5, 5.41) is 14.4. The highest BCUT2D eigenvalue weighted by Crippen LogP contribution is 2.36. The zero-order valence-electron chi connectivity index (χ0n) is 15.7. The van der Waals surface area contributed by atoms with Crippen LogP contribution in [-0.4, -0.2) is 10.8 Å². The first-order chi connectivity index (χ1) is 13.9. The number of phenolic OH excluding ortho intramolecular Hbond substituents is 1. The summed E-state index contributed by atoms with van der Waals surface area (Å²) in [4.78, 5) is 4.90. The van der Waals surface area contributed by atoms with E-state index in [4.69, 9.17) is 16.6 Å². The smallest absolute Gasteiger partial charge is 0.137 e. The van der Waals surface area contributed by atoms with Crippen LogP contribution < -0.4 is 5.32 Å². The number of hydrogen-bond acceptors (Lipinski definition) is 3. The van der Waals surface area contributed by atoms with Gasteiger partial charge in [0.05, 0.1) is 4.47 Å². The van der Waals surface area contributed by atoms with Crippen LogP contribution in [0.5, 0.6) is 5.75 Å². The molecule has 1 heterocycles. The molecule has 0 spiro atoms. The molecule has 2 atom stereocenters. The van der Waals surface area contributed by atoms with Crippen LogP contribution >= 0.6 is 27.5 Å². The molecule has 0 amide bonds. The second-order valence-corrected chi connectivity index (χ2v) is 8.44. The number of aromatic hydroxyl groups is 1. The monoisotopic (exact) mass is 472 g/mol. The molecule has 0 radical (unpaired) electrons. The summed E-state index contributed by atoms with van der Waals surface area (Å²) in [7, 11) is 0. The van der Waals surface area contributed by atoms with Crippen LogP contribution in [0.3, 0.4) is 0 Å². The second kappa shape index (κ2) is 8.27. The Hall–Kier alpha value is -2.21. The van der Waals surface area contributed by atoms with Crippen LogP contribution in [-0.2, 0) is 0 Å². The molecule has 0 bridgehead atoms. The number of hydrogen-bond donors (Lipinski definition) is 2. The van der Waals surface area contributed by atoms with E-state index < -0.39 is 0 Å². The molecular formula is C23H19BrClFN2O. The van der Waals surface area contributed by atoms with Crippen molar-refractivity contribution in [1.82, 2.24) is 5.32 Å². The lowest BCUT2D eigenvalue weighted by Crippen LogP contribution is -2.33. The van der Waals surface area contributed by atoms with Gasteiger partial charge in [0.25, 0.3) is 0 Å². The minimum atomic E-state index is -0.389. The van der Waals surface area contributed by atoms with Crippen molar-refractivity contribution in [3.8, 4) is 5.75 Å². The first-order valence-corrected chi connectivity index (χ1v) is 10.4. The van der Waals surface area contributed by atoms with Crippen molar-refractivity contribution < 1.29 is 9.50 Å². The quantitative estimate of drug-likeness (QED) is 0.457. The van der Waals surface area contributed by atoms with Gasteiger partial charge in [0.15, 0.2) is 0 Å². The van der Waals surface area contributed by atoms with Crippen molar-refractivity contribution in [2.75, 3.05) is 0 Å². The average molecular weight is 474 g/mol. The van der Waals surface area contributed by atoms with Gasteiger partial charge in [-0.15, -0.1) is 0 Å². The number of rotatable bonds is 3. The molecule has 0 aromatic heterocycles. The fraction of sp³-hybridized carbons (Fsp3) is 0.174. The van der Waals surface area contributed by atoms with Gasteiger partial charge in [-0.3, -0.25) is 10.3 Å². The van der Waals surface area contributed by atoms with E-state index >= 15 is 0 Å². The topological polar surface area (TPSA) is 44.6 Å². The first kappa shape index (κ1) is 20.1. The lowest BCUT2D eigenvalue weighted by atomic mass is 9.93. The van der Waals surface area contributed by atoms with Crippen LogP contribution in [0.1, 0.15) is 40.9 Å². The van der Waals surface area contributed by atoms with Gasteiger partial charge < -0.3 is 5.11 Å². The Balaban J connectivity index is 1.78. The molecule has 0 saturated heterocycles. The number of phenols is 1. The van der Waals surface area contributed by atoms with E-state index in [0.29, 0.717) is 21.5 Å². The molecule has 0 fully saturated rings. The highest BCUT2D eigenvalue weighted by Gasteiger charge is 2.28. The molecule has 3 aromatic carbocycles. The number of benzene rings is 3. The van der Waals surface area contributed by atoms with E-state index in [2.05, 4.69) is 33.4 Å². The van der Waals surface area contributed by atoms with Gasteiger partial charge in [-0.05, 0) is 64.3 Å². The van der Waals surface area contributed by atoms with Crippen molar-refractivity contribution in [2.45, 2.75) is 25.6 Å². The summed E-state index contributed by atoms with van der Waals surface area (Å²) in [5.41, 5.74) is 4.65. The first-order valence-electron chi connectivity index (χ1n) is 9.24. The molecule has 0 aliphatic carbocycles. The Bertz CT molecular complexity index is 1080. The average Bonchev–Trinajstić information content (AvgIpc) is 2.72. The highest BCUT2D eigenvalue weighted by atomic mass is 79.9. The summed E-state index contributed by atoms with van der Waals surface area (Å²) in [5.74, 6) is -0.146. The number of aliphatic imine (C=N–C) groups is 1. The molecular weight excluding hydrogens is 455 g/mol. The van der Waals surface area contributed by atoms with Gasteiger partial charge in [-0.2, -0.15) is 0 Å². The molecule has 3 nitrogen and oxygen atoms in total. The van der Waals surface area contributed by atoms with Gasteiger partial charge in [-0.1, -0.05) is 47.5 Å². The predicted octanol–water partition coefficient (Wildman–Crippen LogP) is 6.48. The Kier molecular flexibility index (Phi) is 5.72. The maximum absolute atomic E-state index is 13.7. The van der Waals surface area contributed by atoms with E-state index in [1.54, 1.807) is 30.3 Å². The van der Waals surface area contributed by atoms with E-state index in [-0.39, 0.29) is 23.8 Å². The van der Waals surface area contributed by atoms with Crippen molar-refractivity contribution >= 4 is 33.2 Å². The van der Waals surface area contributed by atoms with Gasteiger partial charge in [0.1, 0.15) is 17.7 Å². The minimum Gasteiger partial charge on any atom is -0.508 e. The summed E-state index contributed by atoms with van der Waals surface area (Å²) >= 11 is 9.43. The SMILES string of the molecule is Cc1ccc(C2=N[C@H](c3ccc(F)c(Br)c3)N[C@H](c3cc(Cl)ccc3O)C2)cc1. The van der Waals surface area contributed by atoms with Crippen LogP contribution in [0.2, 0.25) is 5.02 Å². The normalized spacial score (nSPS) is 19.1. The highest BCUT2D eigenvalue weighted by molar-refractivity contribution is 9.10. The maximum Gasteiger partial charge on any atom is 0.137 e. The van der Waals surface area contributed by atoms with E-state index in [9.17, 15) is 9.50 Å². The van der Waals surface area contributed by atoms with Gasteiger partial charge in [0.2, 0.25) is 0 Å². The lowest BCUT2D eigenvalue weighted by Gasteiger charge is -2.31. The number of nitrogens with zero attached hydrogens (tertiary/aromatic N) is 1. The van der Waals surface area contributed by atoms with Crippen molar-refractivity contribution in [3.05, 3.63) is 98.2 Å². The van der Waals surface area contributed by atoms with Gasteiger partial charge in [0, 0.05) is 28.8 Å². The predicted molar refractivity (Wildman–Crippen MR) is 118 cm³/mol. The van der Waals surface area contributed by atoms with Crippen LogP contribution in [0.25, 0.3) is 0 Å². The molecule has 148 valence electrons. The molecule has 0 saturated carbocycles. The van der Waals surface area contributed by atoms with Gasteiger partial charge in [-0.25, -0.2) is 4.39 Å². The molecule has 1 aliphatic rings. The number of aryl methyl sites for hydroxylation is 1. The third kappa shape index (κ3) is 4.37. The Labute approximate surface area is 182 Å². The molecule has 29 heavy (non-hydrogen) atoms. The zero-order valence-corrected chi connectivity index (χ0v) is 18.0. The van der Waals surface area contributed by atoms with E-state index in [1.807, 2.05) is 19.1 Å². The summed E-state index contributed by atoms with van der Waals surface area (Å²) < 4.78 is 14.1. The van der Waals surface area contributed by atoms with Crippen molar-refractivity contribution in [3.63, 3.8) is 0 Å². The third-order valence-electron chi connectivity index (χ3n) is 5.05. The fourth-order valence-electron chi connectivity index (χ4n) is 3.48. The standard InChI is InChI=1S/C23H19BrClFN2O/c1-13-2-4-14(5-3-13)20-12-21(17-11-16(25)7-9-22(17)29)28-23(27-20)15-6-8-19(26)18(24)10-15/h2-11,21,23,28-29H,12H2,1H3/t21-,23-/m0/s1. The van der Waals surface area contributed by atoms with Crippen LogP contribution in [0.4, 0.5) is 4.39 Å². The molecule has 6 heteroatoms. The summed E-state index contributed by atoms with van der Waals surface area (Å²) in [6, 6.07) is 17.9. The van der Waals surface area contributed by atoms with E-state index in [1.165, 1.54) is 11.6 Å². The maximum atomic E-state index is 13.7. The second-order valence-electron chi connectivity index (χ2n) is 7.14. The largest absolute Gasteiger partial charge is 0.508 e. The lowest BCUT2D eigenvalue weighted by molar-refractivity contribution is 0.412. The van der Waals surface area contributed by atoms with Gasteiger partial charge >= 0.3 is 0 Å². The minimum absolute atomic E-state index is 0.177. The molecule has 2 N–H and O–H groups in total. The molecule has 1 aliphatic heterocycles.